The van der Waals surface area contributed by atoms with Crippen LogP contribution in [0.5, 0.6) is 0 Å². The van der Waals surface area contributed by atoms with Crippen molar-refractivity contribution in [3.05, 3.63) is 48.6 Å². The lowest BCUT2D eigenvalue weighted by Crippen LogP contribution is -2.50. The molecule has 0 spiro atoms. The van der Waals surface area contributed by atoms with Crippen molar-refractivity contribution in [2.45, 2.75) is 116 Å². The number of amides is 1. The van der Waals surface area contributed by atoms with Gasteiger partial charge in [0.2, 0.25) is 5.91 Å². The third-order valence-electron chi connectivity index (χ3n) is 5.55. The molecule has 1 amide bonds. The monoisotopic (exact) mass is 527 g/mol. The van der Waals surface area contributed by atoms with Gasteiger partial charge in [0.05, 0.1) is 17.9 Å². The van der Waals surface area contributed by atoms with Crippen LogP contribution in [-0.2, 0) is 14.9 Å². The first-order chi connectivity index (χ1) is 17.2. The van der Waals surface area contributed by atoms with Crippen molar-refractivity contribution in [3.63, 3.8) is 0 Å². The number of allylic oxidation sites excluding steroid dienone is 7. The van der Waals surface area contributed by atoms with Gasteiger partial charge in [-0.15, -0.1) is 0 Å². The molecule has 0 aromatic carbocycles. The number of hydrogen-bond donors (Lipinski definition) is 4. The third kappa shape index (κ3) is 21.5. The van der Waals surface area contributed by atoms with Gasteiger partial charge in [-0.25, -0.2) is 0 Å². The summed E-state index contributed by atoms with van der Waals surface area (Å²) in [5, 5.41) is 22.9. The predicted octanol–water partition coefficient (Wildman–Crippen LogP) is 5.42. The minimum absolute atomic E-state index is 0.183. The summed E-state index contributed by atoms with van der Waals surface area (Å²) in [6, 6.07) is -1.27. The molecule has 0 aliphatic rings. The highest BCUT2D eigenvalue weighted by atomic mass is 32.2. The van der Waals surface area contributed by atoms with E-state index in [0.717, 1.165) is 44.9 Å². The van der Waals surface area contributed by atoms with Crippen molar-refractivity contribution >= 4 is 16.0 Å². The molecule has 36 heavy (non-hydrogen) atoms. The summed E-state index contributed by atoms with van der Waals surface area (Å²) in [5.74, 6) is -1.62. The van der Waals surface area contributed by atoms with Crippen molar-refractivity contribution in [1.82, 2.24) is 5.32 Å². The molecule has 3 unspecified atom stereocenters. The topological polar surface area (TPSA) is 124 Å². The summed E-state index contributed by atoms with van der Waals surface area (Å²) >= 11 is 0. The molecule has 4 N–H and O–H groups in total. The summed E-state index contributed by atoms with van der Waals surface area (Å²) in [5.41, 5.74) is 0. The Bertz CT molecular complexity index is 773. The summed E-state index contributed by atoms with van der Waals surface area (Å²) in [7, 11) is -4.45. The van der Waals surface area contributed by atoms with E-state index >= 15 is 0 Å². The van der Waals surface area contributed by atoms with Crippen LogP contribution in [0, 0.1) is 0 Å². The number of hydrogen-bond acceptors (Lipinski definition) is 5. The number of carbonyl (C=O) groups excluding carboxylic acids is 1. The Kier molecular flexibility index (Phi) is 21.4. The molecule has 0 heterocycles. The summed E-state index contributed by atoms with van der Waals surface area (Å²) in [6.45, 7) is 4.31. The maximum absolute atomic E-state index is 12.3. The molecule has 0 saturated carbocycles. The second-order valence-electron chi connectivity index (χ2n) is 9.08. The Morgan fingerprint density at radius 3 is 1.89 bits per heavy atom. The Balaban J connectivity index is 4.53. The normalized spacial score (nSPS) is 15.4. The van der Waals surface area contributed by atoms with Crippen LogP contribution < -0.4 is 5.32 Å². The van der Waals surface area contributed by atoms with E-state index in [4.69, 9.17) is 0 Å². The van der Waals surface area contributed by atoms with Crippen molar-refractivity contribution in [2.75, 3.05) is 5.75 Å². The summed E-state index contributed by atoms with van der Waals surface area (Å²) < 4.78 is 32.0. The highest BCUT2D eigenvalue weighted by molar-refractivity contribution is 7.85. The largest absolute Gasteiger partial charge is 0.387 e. The molecule has 0 fully saturated rings. The van der Waals surface area contributed by atoms with Gasteiger partial charge in [-0.05, 0) is 57.8 Å². The van der Waals surface area contributed by atoms with E-state index in [-0.39, 0.29) is 6.42 Å². The lowest BCUT2D eigenvalue weighted by molar-refractivity contribution is -0.130. The Hall–Kier alpha value is -1.74. The van der Waals surface area contributed by atoms with Gasteiger partial charge in [-0.2, -0.15) is 8.42 Å². The second-order valence-corrected chi connectivity index (χ2v) is 10.6. The number of aliphatic hydroxyl groups is 2. The molecular weight excluding hydrogens is 478 g/mol. The van der Waals surface area contributed by atoms with Crippen LogP contribution in [0.2, 0.25) is 0 Å². The van der Waals surface area contributed by atoms with Gasteiger partial charge in [0.25, 0.3) is 10.1 Å². The van der Waals surface area contributed by atoms with E-state index in [1.54, 1.807) is 6.08 Å². The van der Waals surface area contributed by atoms with E-state index in [0.29, 0.717) is 12.8 Å². The molecule has 208 valence electrons. The standard InChI is InChI=1S/C28H49NO6S/c1-3-5-7-9-11-13-14-15-17-18-20-22-26(30)25(24-36(33,34)35)29-28(32)27(31)23-21-19-16-12-10-8-6-4-2/h7,9,14-16,19-20,22,25-27,30-31H,3-6,8,10-13,17-18,21,23-24H2,1-2H3,(H,29,32)(H,33,34,35)/b9-7+,15-14+,19-16-,22-20+. The van der Waals surface area contributed by atoms with Gasteiger partial charge in [0.1, 0.15) is 6.10 Å². The smallest absolute Gasteiger partial charge is 0.267 e. The molecule has 0 saturated heterocycles. The first kappa shape index (κ1) is 34.3. The van der Waals surface area contributed by atoms with Gasteiger partial charge in [-0.3, -0.25) is 9.35 Å². The fourth-order valence-electron chi connectivity index (χ4n) is 3.43. The number of aliphatic hydroxyl groups excluding tert-OH is 2. The third-order valence-corrected chi connectivity index (χ3v) is 6.33. The van der Waals surface area contributed by atoms with Crippen molar-refractivity contribution in [1.29, 1.82) is 0 Å². The Morgan fingerprint density at radius 2 is 1.31 bits per heavy atom. The quantitative estimate of drug-likeness (QED) is 0.0847. The zero-order valence-corrected chi connectivity index (χ0v) is 23.0. The lowest BCUT2D eigenvalue weighted by atomic mass is 10.1. The van der Waals surface area contributed by atoms with E-state index in [2.05, 4.69) is 43.5 Å². The van der Waals surface area contributed by atoms with Gasteiger partial charge >= 0.3 is 0 Å². The minimum atomic E-state index is -4.45. The predicted molar refractivity (Wildman–Crippen MR) is 148 cm³/mol. The highest BCUT2D eigenvalue weighted by Crippen LogP contribution is 2.07. The molecule has 0 aliphatic carbocycles. The Morgan fingerprint density at radius 1 is 0.750 bits per heavy atom. The SMILES string of the molecule is CCC/C=C/CC/C=C/CC/C=C/C(O)C(CS(=O)(=O)O)NC(=O)C(O)CC/C=C\CCCCCC. The molecule has 7 nitrogen and oxygen atoms in total. The second kappa shape index (κ2) is 22.5. The molecule has 0 aromatic rings. The van der Waals surface area contributed by atoms with Crippen molar-refractivity contribution < 1.29 is 28.0 Å². The van der Waals surface area contributed by atoms with Crippen LogP contribution in [-0.4, -0.2) is 53.1 Å². The van der Waals surface area contributed by atoms with E-state index in [9.17, 15) is 28.0 Å². The zero-order chi connectivity index (χ0) is 27.1. The minimum Gasteiger partial charge on any atom is -0.387 e. The summed E-state index contributed by atoms with van der Waals surface area (Å²) in [4.78, 5) is 12.3. The molecule has 0 radical (unpaired) electrons. The first-order valence-corrected chi connectivity index (χ1v) is 15.1. The van der Waals surface area contributed by atoms with E-state index < -0.39 is 40.0 Å². The van der Waals surface area contributed by atoms with E-state index in [1.165, 1.54) is 25.3 Å². The molecule has 0 aliphatic heterocycles. The first-order valence-electron chi connectivity index (χ1n) is 13.4. The molecule has 0 bridgehead atoms. The Labute approximate surface area is 219 Å². The lowest BCUT2D eigenvalue weighted by Gasteiger charge is -2.22. The maximum Gasteiger partial charge on any atom is 0.267 e. The number of unbranched alkanes of at least 4 members (excludes halogenated alkanes) is 7. The van der Waals surface area contributed by atoms with Crippen LogP contribution in [0.3, 0.4) is 0 Å². The van der Waals surface area contributed by atoms with Crippen LogP contribution in [0.4, 0.5) is 0 Å². The maximum atomic E-state index is 12.3. The summed E-state index contributed by atoms with van der Waals surface area (Å²) in [6.07, 6.45) is 24.9. The van der Waals surface area contributed by atoms with Gasteiger partial charge in [-0.1, -0.05) is 88.1 Å². The highest BCUT2D eigenvalue weighted by Gasteiger charge is 2.27. The zero-order valence-electron chi connectivity index (χ0n) is 22.2. The molecule has 8 heteroatoms. The van der Waals surface area contributed by atoms with Crippen molar-refractivity contribution in [2.24, 2.45) is 0 Å². The van der Waals surface area contributed by atoms with Gasteiger partial charge in [0.15, 0.2) is 0 Å². The van der Waals surface area contributed by atoms with Crippen LogP contribution in [0.15, 0.2) is 48.6 Å². The number of rotatable bonds is 22. The molecule has 0 aromatic heterocycles. The number of carbonyl (C=O) groups is 1. The van der Waals surface area contributed by atoms with E-state index in [1.807, 2.05) is 12.2 Å². The fourth-order valence-corrected chi connectivity index (χ4v) is 4.17. The van der Waals surface area contributed by atoms with Crippen LogP contribution >= 0.6 is 0 Å². The van der Waals surface area contributed by atoms with Crippen molar-refractivity contribution in [3.8, 4) is 0 Å². The molecule has 3 atom stereocenters. The fraction of sp³-hybridized carbons (Fsp3) is 0.679. The van der Waals surface area contributed by atoms with Gasteiger partial charge < -0.3 is 15.5 Å². The molecular formula is C28H49NO6S. The number of nitrogens with one attached hydrogen (secondary N) is 1. The van der Waals surface area contributed by atoms with Crippen LogP contribution in [0.1, 0.15) is 97.3 Å². The van der Waals surface area contributed by atoms with Gasteiger partial charge in [0, 0.05) is 0 Å². The average molecular weight is 528 g/mol. The van der Waals surface area contributed by atoms with Crippen LogP contribution in [0.25, 0.3) is 0 Å². The average Bonchev–Trinajstić information content (AvgIpc) is 2.82. The molecule has 0 rings (SSSR count).